The van der Waals surface area contributed by atoms with E-state index < -0.39 is 0 Å². The lowest BCUT2D eigenvalue weighted by atomic mass is 10.1. The van der Waals surface area contributed by atoms with Crippen LogP contribution in [0.25, 0.3) is 6.08 Å². The molecule has 1 amide bonds. The molecule has 0 aliphatic heterocycles. The van der Waals surface area contributed by atoms with Gasteiger partial charge < -0.3 is 9.47 Å². The van der Waals surface area contributed by atoms with Crippen molar-refractivity contribution in [2.75, 3.05) is 19.5 Å². The van der Waals surface area contributed by atoms with Crippen LogP contribution in [0.15, 0.2) is 24.3 Å². The molecule has 0 unspecified atom stereocenters. The topological polar surface area (TPSA) is 60.5 Å². The van der Waals surface area contributed by atoms with Gasteiger partial charge in [-0.25, -0.2) is 4.98 Å². The van der Waals surface area contributed by atoms with Crippen LogP contribution < -0.4 is 14.8 Å². The highest BCUT2D eigenvalue weighted by atomic mass is 32.1. The second kappa shape index (κ2) is 6.83. The molecule has 0 radical (unpaired) electrons. The summed E-state index contributed by atoms with van der Waals surface area (Å²) in [5.74, 6) is 1.19. The number of carbonyl (C=O) groups is 1. The SMILES string of the molecule is COc1ccc(OC)c(/C=C/C(=O)Nc2nc3c(s2)CCC3)c1. The van der Waals surface area contributed by atoms with E-state index in [1.165, 1.54) is 11.0 Å². The average molecular weight is 330 g/mol. The zero-order valence-corrected chi connectivity index (χ0v) is 13.9. The molecule has 0 spiro atoms. The van der Waals surface area contributed by atoms with E-state index in [0.717, 1.165) is 30.5 Å². The first kappa shape index (κ1) is 15.6. The quantitative estimate of drug-likeness (QED) is 0.855. The summed E-state index contributed by atoms with van der Waals surface area (Å²) in [5, 5.41) is 3.49. The Morgan fingerprint density at radius 2 is 2.17 bits per heavy atom. The van der Waals surface area contributed by atoms with Crippen LogP contribution in [0.2, 0.25) is 0 Å². The lowest BCUT2D eigenvalue weighted by molar-refractivity contribution is -0.111. The fourth-order valence-electron chi connectivity index (χ4n) is 2.53. The molecule has 0 atom stereocenters. The molecule has 3 rings (SSSR count). The van der Waals surface area contributed by atoms with Crippen LogP contribution in [0.4, 0.5) is 5.13 Å². The molecular formula is C17H18N2O3S. The third-order valence-electron chi connectivity index (χ3n) is 3.68. The molecule has 0 saturated heterocycles. The molecule has 2 aromatic rings. The third-order valence-corrected chi connectivity index (χ3v) is 4.75. The molecule has 0 saturated carbocycles. The van der Waals surface area contributed by atoms with Crippen LogP contribution in [-0.4, -0.2) is 25.1 Å². The van der Waals surface area contributed by atoms with E-state index in [4.69, 9.17) is 9.47 Å². The first-order valence-electron chi connectivity index (χ1n) is 7.39. The van der Waals surface area contributed by atoms with Gasteiger partial charge in [-0.2, -0.15) is 0 Å². The fourth-order valence-corrected chi connectivity index (χ4v) is 3.58. The number of rotatable bonds is 5. The Hall–Kier alpha value is -2.34. The van der Waals surface area contributed by atoms with E-state index in [9.17, 15) is 4.79 Å². The van der Waals surface area contributed by atoms with Crippen LogP contribution in [0.5, 0.6) is 11.5 Å². The zero-order valence-electron chi connectivity index (χ0n) is 13.1. The number of ether oxygens (including phenoxy) is 2. The molecule has 1 aliphatic carbocycles. The van der Waals surface area contributed by atoms with Gasteiger partial charge in [-0.05, 0) is 43.5 Å². The maximum Gasteiger partial charge on any atom is 0.250 e. The van der Waals surface area contributed by atoms with E-state index in [1.807, 2.05) is 18.2 Å². The van der Waals surface area contributed by atoms with E-state index >= 15 is 0 Å². The first-order chi connectivity index (χ1) is 11.2. The largest absolute Gasteiger partial charge is 0.497 e. The number of fused-ring (bicyclic) bond motifs is 1. The molecule has 1 aliphatic rings. The van der Waals surface area contributed by atoms with E-state index in [1.54, 1.807) is 31.6 Å². The minimum atomic E-state index is -0.206. The van der Waals surface area contributed by atoms with Gasteiger partial charge in [0.1, 0.15) is 11.5 Å². The molecule has 5 nitrogen and oxygen atoms in total. The van der Waals surface area contributed by atoms with Crippen molar-refractivity contribution in [3.8, 4) is 11.5 Å². The predicted octanol–water partition coefficient (Wildman–Crippen LogP) is 3.30. The summed E-state index contributed by atoms with van der Waals surface area (Å²) in [6.45, 7) is 0. The van der Waals surface area contributed by atoms with Gasteiger partial charge in [0.2, 0.25) is 5.91 Å². The number of thiazole rings is 1. The number of hydrogen-bond acceptors (Lipinski definition) is 5. The number of carbonyl (C=O) groups excluding carboxylic acids is 1. The molecule has 1 heterocycles. The monoisotopic (exact) mass is 330 g/mol. The van der Waals surface area contributed by atoms with Gasteiger partial charge in [0.05, 0.1) is 19.9 Å². The molecule has 120 valence electrons. The molecule has 1 aromatic heterocycles. The van der Waals surface area contributed by atoms with Gasteiger partial charge in [0.15, 0.2) is 5.13 Å². The van der Waals surface area contributed by atoms with Crippen LogP contribution in [0.1, 0.15) is 22.6 Å². The second-order valence-corrected chi connectivity index (χ2v) is 6.26. The summed E-state index contributed by atoms with van der Waals surface area (Å²) in [6.07, 6.45) is 6.43. The van der Waals surface area contributed by atoms with Crippen molar-refractivity contribution in [1.82, 2.24) is 4.98 Å². The van der Waals surface area contributed by atoms with Gasteiger partial charge in [-0.3, -0.25) is 10.1 Å². The molecule has 0 bridgehead atoms. The fraction of sp³-hybridized carbons (Fsp3) is 0.294. The third kappa shape index (κ3) is 3.53. The number of nitrogens with zero attached hydrogens (tertiary/aromatic N) is 1. The minimum absolute atomic E-state index is 0.206. The summed E-state index contributed by atoms with van der Waals surface area (Å²) in [4.78, 5) is 17.8. The number of nitrogens with one attached hydrogen (secondary N) is 1. The summed E-state index contributed by atoms with van der Waals surface area (Å²) in [7, 11) is 3.19. The Labute approximate surface area is 139 Å². The second-order valence-electron chi connectivity index (χ2n) is 5.17. The Kier molecular flexibility index (Phi) is 4.62. The van der Waals surface area contributed by atoms with Crippen LogP contribution in [0, 0.1) is 0 Å². The average Bonchev–Trinajstić information content (AvgIpc) is 3.13. The summed E-state index contributed by atoms with van der Waals surface area (Å²) < 4.78 is 10.5. The number of aryl methyl sites for hydroxylation is 2. The minimum Gasteiger partial charge on any atom is -0.497 e. The lowest BCUT2D eigenvalue weighted by Gasteiger charge is -2.07. The standard InChI is InChI=1S/C17H18N2O3S/c1-21-12-7-8-14(22-2)11(10-12)6-9-16(20)19-17-18-13-4-3-5-15(13)23-17/h6-10H,3-5H2,1-2H3,(H,18,19,20)/b9-6+. The van der Waals surface area contributed by atoms with Gasteiger partial charge in [-0.15, -0.1) is 11.3 Å². The van der Waals surface area contributed by atoms with E-state index in [0.29, 0.717) is 16.6 Å². The van der Waals surface area contributed by atoms with Gasteiger partial charge in [0.25, 0.3) is 0 Å². The molecule has 6 heteroatoms. The number of aromatic nitrogens is 1. The lowest BCUT2D eigenvalue weighted by Crippen LogP contribution is -2.07. The van der Waals surface area contributed by atoms with Crippen molar-refractivity contribution in [2.24, 2.45) is 0 Å². The first-order valence-corrected chi connectivity index (χ1v) is 8.21. The summed E-state index contributed by atoms with van der Waals surface area (Å²) in [5.41, 5.74) is 1.91. The van der Waals surface area contributed by atoms with Crippen molar-refractivity contribution in [3.05, 3.63) is 40.4 Å². The van der Waals surface area contributed by atoms with Gasteiger partial charge in [-0.1, -0.05) is 0 Å². The molecular weight excluding hydrogens is 312 g/mol. The number of anilines is 1. The highest BCUT2D eigenvalue weighted by Crippen LogP contribution is 2.30. The Balaban J connectivity index is 1.70. The molecule has 0 fully saturated rings. The number of hydrogen-bond donors (Lipinski definition) is 1. The summed E-state index contributed by atoms with van der Waals surface area (Å²) >= 11 is 1.56. The Bertz CT molecular complexity index is 731. The van der Waals surface area contributed by atoms with Gasteiger partial charge in [0, 0.05) is 16.5 Å². The molecule has 1 aromatic carbocycles. The highest BCUT2D eigenvalue weighted by molar-refractivity contribution is 7.15. The van der Waals surface area contributed by atoms with Gasteiger partial charge >= 0.3 is 0 Å². The predicted molar refractivity (Wildman–Crippen MR) is 91.3 cm³/mol. The van der Waals surface area contributed by atoms with Crippen LogP contribution >= 0.6 is 11.3 Å². The highest BCUT2D eigenvalue weighted by Gasteiger charge is 2.17. The molecule has 1 N–H and O–H groups in total. The number of benzene rings is 1. The van der Waals surface area contributed by atoms with Crippen LogP contribution in [0.3, 0.4) is 0 Å². The Morgan fingerprint density at radius 1 is 1.30 bits per heavy atom. The number of amides is 1. The summed E-state index contributed by atoms with van der Waals surface area (Å²) in [6, 6.07) is 5.44. The number of methoxy groups -OCH3 is 2. The van der Waals surface area contributed by atoms with E-state index in [2.05, 4.69) is 10.3 Å². The maximum absolute atomic E-state index is 12.1. The Morgan fingerprint density at radius 3 is 2.91 bits per heavy atom. The van der Waals surface area contributed by atoms with E-state index in [-0.39, 0.29) is 5.91 Å². The zero-order chi connectivity index (χ0) is 16.2. The van der Waals surface area contributed by atoms with Crippen molar-refractivity contribution in [2.45, 2.75) is 19.3 Å². The smallest absolute Gasteiger partial charge is 0.250 e. The van der Waals surface area contributed by atoms with Crippen LogP contribution in [-0.2, 0) is 17.6 Å². The van der Waals surface area contributed by atoms with Crippen molar-refractivity contribution >= 4 is 28.5 Å². The molecule has 23 heavy (non-hydrogen) atoms. The maximum atomic E-state index is 12.1. The van der Waals surface area contributed by atoms with Crippen molar-refractivity contribution in [3.63, 3.8) is 0 Å². The van der Waals surface area contributed by atoms with Crippen molar-refractivity contribution in [1.29, 1.82) is 0 Å². The van der Waals surface area contributed by atoms with Crippen molar-refractivity contribution < 1.29 is 14.3 Å². The normalized spacial score (nSPS) is 13.1.